The van der Waals surface area contributed by atoms with Gasteiger partial charge in [-0.25, -0.2) is 0 Å². The van der Waals surface area contributed by atoms with Gasteiger partial charge in [0.1, 0.15) is 0 Å². The van der Waals surface area contributed by atoms with Crippen LogP contribution in [-0.4, -0.2) is 13.6 Å². The highest BCUT2D eigenvalue weighted by atomic mass is 15.1. The van der Waals surface area contributed by atoms with E-state index in [9.17, 15) is 0 Å². The third-order valence-corrected chi connectivity index (χ3v) is 2.53. The van der Waals surface area contributed by atoms with Gasteiger partial charge in [-0.15, -0.1) is 0 Å². The topological polar surface area (TPSA) is 15.3 Å². The maximum absolute atomic E-state index is 3.96. The van der Waals surface area contributed by atoms with Crippen LogP contribution < -0.4 is 10.2 Å². The normalized spacial score (nSPS) is 19.6. The third-order valence-electron chi connectivity index (χ3n) is 2.53. The summed E-state index contributed by atoms with van der Waals surface area (Å²) in [5.41, 5.74) is 3.17. The predicted molar refractivity (Wildman–Crippen MR) is 70.8 cm³/mol. The number of allylic oxidation sites excluding steroid dienone is 3. The lowest BCUT2D eigenvalue weighted by Crippen LogP contribution is -2.18. The molecule has 0 aromatic heterocycles. The summed E-state index contributed by atoms with van der Waals surface area (Å²) in [6, 6.07) is 8.24. The fourth-order valence-corrected chi connectivity index (χ4v) is 1.69. The molecular formula is C14H16N2. The second-order valence-corrected chi connectivity index (χ2v) is 3.84. The Morgan fingerprint density at radius 1 is 1.25 bits per heavy atom. The lowest BCUT2D eigenvalue weighted by molar-refractivity contribution is 1.03. The molecule has 1 heterocycles. The van der Waals surface area contributed by atoms with Gasteiger partial charge in [-0.1, -0.05) is 36.9 Å². The van der Waals surface area contributed by atoms with Crippen LogP contribution in [0, 0.1) is 0 Å². The first-order valence-electron chi connectivity index (χ1n) is 5.36. The van der Waals surface area contributed by atoms with Crippen LogP contribution in [0.4, 0.5) is 11.4 Å². The predicted octanol–water partition coefficient (Wildman–Crippen LogP) is 3.17. The average Bonchev–Trinajstić information content (AvgIpc) is 2.28. The summed E-state index contributed by atoms with van der Waals surface area (Å²) in [6.45, 7) is 4.86. The fraction of sp³-hybridized carbons (Fsp3) is 0.143. The fourth-order valence-electron chi connectivity index (χ4n) is 1.69. The lowest BCUT2D eigenvalue weighted by Gasteiger charge is -2.22. The summed E-state index contributed by atoms with van der Waals surface area (Å²) >= 11 is 0. The third kappa shape index (κ3) is 2.34. The first-order valence-corrected chi connectivity index (χ1v) is 5.36. The van der Waals surface area contributed by atoms with E-state index in [0.717, 1.165) is 17.9 Å². The molecular weight excluding hydrogens is 196 g/mol. The summed E-state index contributed by atoms with van der Waals surface area (Å²) in [7, 11) is 2.08. The summed E-state index contributed by atoms with van der Waals surface area (Å²) in [4.78, 5) is 2.20. The molecule has 1 aliphatic heterocycles. The Morgan fingerprint density at radius 2 is 2.06 bits per heavy atom. The number of para-hydroxylation sites is 2. The Balaban J connectivity index is 2.40. The summed E-state index contributed by atoms with van der Waals surface area (Å²) in [5, 5.41) is 3.30. The zero-order chi connectivity index (χ0) is 11.4. The minimum atomic E-state index is 0.896. The van der Waals surface area contributed by atoms with Crippen molar-refractivity contribution in [2.45, 2.75) is 0 Å². The zero-order valence-electron chi connectivity index (χ0n) is 9.48. The van der Waals surface area contributed by atoms with E-state index >= 15 is 0 Å². The zero-order valence-corrected chi connectivity index (χ0v) is 9.48. The Hall–Kier alpha value is -1.96. The van der Waals surface area contributed by atoms with Crippen molar-refractivity contribution in [3.63, 3.8) is 0 Å². The van der Waals surface area contributed by atoms with Crippen LogP contribution in [0.5, 0.6) is 0 Å². The molecule has 0 spiro atoms. The average molecular weight is 212 g/mol. The number of hydrogen-bond acceptors (Lipinski definition) is 2. The minimum absolute atomic E-state index is 0.896. The molecule has 1 aromatic rings. The monoisotopic (exact) mass is 212 g/mol. The van der Waals surface area contributed by atoms with Crippen LogP contribution in [-0.2, 0) is 0 Å². The van der Waals surface area contributed by atoms with Gasteiger partial charge < -0.3 is 10.2 Å². The number of hydrogen-bond donors (Lipinski definition) is 1. The van der Waals surface area contributed by atoms with Gasteiger partial charge in [-0.2, -0.15) is 0 Å². The van der Waals surface area contributed by atoms with E-state index in [1.165, 1.54) is 5.69 Å². The standard InChI is InChI=1S/C14H16N2/c1-12-8-4-3-7-11-16(2)14-10-6-5-9-13(14)15-12/h3-10,15H,1,11H2,2H3/b7-3-,8-4-. The van der Waals surface area contributed by atoms with Gasteiger partial charge >= 0.3 is 0 Å². The van der Waals surface area contributed by atoms with Crippen molar-refractivity contribution < 1.29 is 0 Å². The SMILES string of the molecule is C=C1/C=C\C=C/CN(C)c2ccccc2N1. The molecule has 1 aromatic carbocycles. The van der Waals surface area contributed by atoms with Crippen LogP contribution >= 0.6 is 0 Å². The highest BCUT2D eigenvalue weighted by molar-refractivity contribution is 5.72. The van der Waals surface area contributed by atoms with E-state index < -0.39 is 0 Å². The molecule has 0 saturated heterocycles. The van der Waals surface area contributed by atoms with Crippen LogP contribution in [0.3, 0.4) is 0 Å². The Kier molecular flexibility index (Phi) is 3.10. The number of rotatable bonds is 0. The Morgan fingerprint density at radius 3 is 2.94 bits per heavy atom. The largest absolute Gasteiger partial charge is 0.369 e. The van der Waals surface area contributed by atoms with Crippen molar-refractivity contribution in [3.8, 4) is 0 Å². The van der Waals surface area contributed by atoms with Crippen LogP contribution in [0.25, 0.3) is 0 Å². The summed E-state index contributed by atoms with van der Waals surface area (Å²) in [5.74, 6) is 0. The Bertz CT molecular complexity index is 444. The molecule has 0 saturated carbocycles. The van der Waals surface area contributed by atoms with Crippen molar-refractivity contribution in [3.05, 3.63) is 60.8 Å². The van der Waals surface area contributed by atoms with Crippen molar-refractivity contribution >= 4 is 11.4 Å². The molecule has 1 aliphatic rings. The van der Waals surface area contributed by atoms with Gasteiger partial charge in [-0.3, -0.25) is 0 Å². The summed E-state index contributed by atoms with van der Waals surface area (Å²) in [6.07, 6.45) is 8.14. The molecule has 0 radical (unpaired) electrons. The minimum Gasteiger partial charge on any atom is -0.369 e. The molecule has 0 amide bonds. The molecule has 0 fully saturated rings. The molecule has 0 atom stereocenters. The first-order chi connectivity index (χ1) is 7.77. The van der Waals surface area contributed by atoms with Gasteiger partial charge in [0, 0.05) is 19.3 Å². The van der Waals surface area contributed by atoms with Crippen LogP contribution in [0.15, 0.2) is 60.8 Å². The van der Waals surface area contributed by atoms with Gasteiger partial charge in [0.05, 0.1) is 11.4 Å². The van der Waals surface area contributed by atoms with Gasteiger partial charge in [-0.05, 0) is 18.2 Å². The van der Waals surface area contributed by atoms with Gasteiger partial charge in [0.25, 0.3) is 0 Å². The van der Waals surface area contributed by atoms with Crippen molar-refractivity contribution in [2.75, 3.05) is 23.8 Å². The van der Waals surface area contributed by atoms with E-state index in [2.05, 4.69) is 42.1 Å². The molecule has 0 unspecified atom stereocenters. The number of likely N-dealkylation sites (N-methyl/N-ethyl adjacent to an activating group) is 1. The molecule has 2 nitrogen and oxygen atoms in total. The lowest BCUT2D eigenvalue weighted by atomic mass is 10.2. The number of benzene rings is 1. The van der Waals surface area contributed by atoms with Crippen molar-refractivity contribution in [1.29, 1.82) is 0 Å². The second kappa shape index (κ2) is 4.71. The van der Waals surface area contributed by atoms with Crippen LogP contribution in [0.2, 0.25) is 0 Å². The maximum atomic E-state index is 3.96. The maximum Gasteiger partial charge on any atom is 0.0621 e. The van der Waals surface area contributed by atoms with Gasteiger partial charge in [0.2, 0.25) is 0 Å². The quantitative estimate of drug-likeness (QED) is 0.710. The van der Waals surface area contributed by atoms with E-state index in [0.29, 0.717) is 0 Å². The molecule has 2 rings (SSSR count). The molecule has 2 heteroatoms. The molecule has 0 aliphatic carbocycles. The highest BCUT2D eigenvalue weighted by Crippen LogP contribution is 2.26. The summed E-state index contributed by atoms with van der Waals surface area (Å²) < 4.78 is 0. The smallest absolute Gasteiger partial charge is 0.0621 e. The first kappa shape index (κ1) is 10.6. The molecule has 0 bridgehead atoms. The highest BCUT2D eigenvalue weighted by Gasteiger charge is 2.05. The van der Waals surface area contributed by atoms with Gasteiger partial charge in [0.15, 0.2) is 0 Å². The van der Waals surface area contributed by atoms with Crippen LogP contribution in [0.1, 0.15) is 0 Å². The molecule has 16 heavy (non-hydrogen) atoms. The van der Waals surface area contributed by atoms with E-state index in [-0.39, 0.29) is 0 Å². The van der Waals surface area contributed by atoms with E-state index in [1.54, 1.807) is 0 Å². The van der Waals surface area contributed by atoms with E-state index in [4.69, 9.17) is 0 Å². The number of nitrogens with zero attached hydrogens (tertiary/aromatic N) is 1. The van der Waals surface area contributed by atoms with Crippen molar-refractivity contribution in [1.82, 2.24) is 0 Å². The molecule has 82 valence electrons. The Labute approximate surface area is 96.6 Å². The van der Waals surface area contributed by atoms with Crippen molar-refractivity contribution in [2.24, 2.45) is 0 Å². The van der Waals surface area contributed by atoms with E-state index in [1.807, 2.05) is 30.4 Å². The number of nitrogens with one attached hydrogen (secondary N) is 1. The molecule has 1 N–H and O–H groups in total. The number of anilines is 2. The second-order valence-electron chi connectivity index (χ2n) is 3.84. The number of fused-ring (bicyclic) bond motifs is 1.